The SMILES string of the molecule is CCCCC(=O)OS(=O)(=O)c1cccc(C)c1. The molecule has 4 nitrogen and oxygen atoms in total. The van der Waals surface area contributed by atoms with Crippen LogP contribution in [0.4, 0.5) is 0 Å². The molecule has 17 heavy (non-hydrogen) atoms. The standard InChI is InChI=1S/C12H16O4S/c1-3-4-8-12(13)16-17(14,15)11-7-5-6-10(2)9-11/h5-7,9H,3-4,8H2,1-2H3. The molecule has 0 spiro atoms. The van der Waals surface area contributed by atoms with E-state index in [0.29, 0.717) is 6.42 Å². The maximum Gasteiger partial charge on any atom is 0.341 e. The Labute approximate surface area is 102 Å². The molecule has 1 aromatic rings. The predicted octanol–water partition coefficient (Wildman–Crippen LogP) is 2.42. The first-order valence-corrected chi connectivity index (χ1v) is 6.90. The number of benzene rings is 1. The van der Waals surface area contributed by atoms with Gasteiger partial charge in [-0.3, -0.25) is 4.79 Å². The van der Waals surface area contributed by atoms with Crippen LogP contribution in [0.25, 0.3) is 0 Å². The minimum atomic E-state index is -3.96. The van der Waals surface area contributed by atoms with Crippen molar-refractivity contribution in [3.05, 3.63) is 29.8 Å². The van der Waals surface area contributed by atoms with Crippen LogP contribution in [0.2, 0.25) is 0 Å². The van der Waals surface area contributed by atoms with Crippen LogP contribution in [-0.4, -0.2) is 14.4 Å². The summed E-state index contributed by atoms with van der Waals surface area (Å²) in [6.45, 7) is 3.69. The first-order chi connectivity index (χ1) is 7.95. The third-order valence-electron chi connectivity index (χ3n) is 2.22. The summed E-state index contributed by atoms with van der Waals surface area (Å²) in [6, 6.07) is 6.28. The van der Waals surface area contributed by atoms with E-state index in [-0.39, 0.29) is 11.3 Å². The second kappa shape index (κ2) is 5.82. The summed E-state index contributed by atoms with van der Waals surface area (Å²) in [7, 11) is -3.96. The van der Waals surface area contributed by atoms with E-state index in [1.165, 1.54) is 12.1 Å². The van der Waals surface area contributed by atoms with Gasteiger partial charge in [-0.2, -0.15) is 8.42 Å². The Morgan fingerprint density at radius 1 is 1.35 bits per heavy atom. The summed E-state index contributed by atoms with van der Waals surface area (Å²) in [5.74, 6) is -0.701. The Kier molecular flexibility index (Phi) is 4.69. The molecule has 1 rings (SSSR count). The molecule has 0 fully saturated rings. The van der Waals surface area contributed by atoms with Gasteiger partial charge in [0.05, 0.1) is 0 Å². The maximum atomic E-state index is 11.7. The van der Waals surface area contributed by atoms with Crippen molar-refractivity contribution in [2.24, 2.45) is 0 Å². The normalized spacial score (nSPS) is 11.2. The number of hydrogen-bond donors (Lipinski definition) is 0. The predicted molar refractivity (Wildman–Crippen MR) is 64.0 cm³/mol. The highest BCUT2D eigenvalue weighted by Gasteiger charge is 2.19. The first kappa shape index (κ1) is 13.7. The van der Waals surface area contributed by atoms with Crippen LogP contribution in [0.15, 0.2) is 29.2 Å². The van der Waals surface area contributed by atoms with Crippen molar-refractivity contribution in [2.45, 2.75) is 38.0 Å². The zero-order valence-corrected chi connectivity index (χ0v) is 10.8. The van der Waals surface area contributed by atoms with Gasteiger partial charge < -0.3 is 4.18 Å². The quantitative estimate of drug-likeness (QED) is 0.759. The van der Waals surface area contributed by atoms with Crippen molar-refractivity contribution < 1.29 is 17.4 Å². The molecule has 0 atom stereocenters. The molecule has 0 radical (unpaired) electrons. The second-order valence-corrected chi connectivity index (χ2v) is 5.38. The molecule has 0 N–H and O–H groups in total. The fourth-order valence-corrected chi connectivity index (χ4v) is 2.30. The van der Waals surface area contributed by atoms with E-state index < -0.39 is 16.1 Å². The zero-order valence-electron chi connectivity index (χ0n) is 9.97. The molecule has 0 saturated carbocycles. The van der Waals surface area contributed by atoms with Crippen LogP contribution in [0, 0.1) is 6.92 Å². The van der Waals surface area contributed by atoms with Gasteiger partial charge in [0, 0.05) is 6.42 Å². The molecule has 0 aliphatic heterocycles. The van der Waals surface area contributed by atoms with Crippen LogP contribution >= 0.6 is 0 Å². The van der Waals surface area contributed by atoms with Gasteiger partial charge in [0.15, 0.2) is 0 Å². The maximum absolute atomic E-state index is 11.7. The number of aryl methyl sites for hydroxylation is 1. The lowest BCUT2D eigenvalue weighted by Crippen LogP contribution is -2.13. The minimum Gasteiger partial charge on any atom is -0.342 e. The topological polar surface area (TPSA) is 60.4 Å². The van der Waals surface area contributed by atoms with Crippen LogP contribution < -0.4 is 0 Å². The number of carbonyl (C=O) groups is 1. The van der Waals surface area contributed by atoms with E-state index in [0.717, 1.165) is 12.0 Å². The third kappa shape index (κ3) is 4.19. The molecular formula is C12H16O4S. The lowest BCUT2D eigenvalue weighted by atomic mass is 10.2. The van der Waals surface area contributed by atoms with E-state index in [1.807, 2.05) is 6.92 Å². The summed E-state index contributed by atoms with van der Waals surface area (Å²) in [6.07, 6.45) is 1.57. The van der Waals surface area contributed by atoms with E-state index in [9.17, 15) is 13.2 Å². The van der Waals surface area contributed by atoms with E-state index >= 15 is 0 Å². The lowest BCUT2D eigenvalue weighted by Gasteiger charge is -2.05. The summed E-state index contributed by atoms with van der Waals surface area (Å²) in [5.41, 5.74) is 0.802. The number of unbranched alkanes of at least 4 members (excludes halogenated alkanes) is 1. The van der Waals surface area contributed by atoms with Crippen LogP contribution in [0.1, 0.15) is 31.7 Å². The molecule has 0 amide bonds. The average Bonchev–Trinajstić information content (AvgIpc) is 2.26. The van der Waals surface area contributed by atoms with E-state index in [4.69, 9.17) is 0 Å². The summed E-state index contributed by atoms with van der Waals surface area (Å²) in [5, 5.41) is 0. The number of carbonyl (C=O) groups excluding carboxylic acids is 1. The number of rotatable bonds is 5. The molecule has 94 valence electrons. The highest BCUT2D eigenvalue weighted by Crippen LogP contribution is 2.15. The van der Waals surface area contributed by atoms with Gasteiger partial charge >= 0.3 is 16.1 Å². The lowest BCUT2D eigenvalue weighted by molar-refractivity contribution is -0.133. The Morgan fingerprint density at radius 3 is 2.65 bits per heavy atom. The minimum absolute atomic E-state index is 0.0161. The fraction of sp³-hybridized carbons (Fsp3) is 0.417. The van der Waals surface area contributed by atoms with Gasteiger partial charge in [0.2, 0.25) is 0 Å². The Morgan fingerprint density at radius 2 is 2.06 bits per heavy atom. The molecule has 0 saturated heterocycles. The van der Waals surface area contributed by atoms with Crippen molar-refractivity contribution in [1.29, 1.82) is 0 Å². The highest BCUT2D eigenvalue weighted by molar-refractivity contribution is 7.87. The highest BCUT2D eigenvalue weighted by atomic mass is 32.2. The van der Waals surface area contributed by atoms with Gasteiger partial charge in [-0.25, -0.2) is 0 Å². The molecule has 5 heteroatoms. The van der Waals surface area contributed by atoms with Crippen molar-refractivity contribution in [3.63, 3.8) is 0 Å². The molecular weight excluding hydrogens is 240 g/mol. The van der Waals surface area contributed by atoms with Gasteiger partial charge in [-0.05, 0) is 31.0 Å². The Hall–Kier alpha value is -1.36. The van der Waals surface area contributed by atoms with Gasteiger partial charge in [0.1, 0.15) is 4.90 Å². The monoisotopic (exact) mass is 256 g/mol. The first-order valence-electron chi connectivity index (χ1n) is 5.49. The van der Waals surface area contributed by atoms with Crippen molar-refractivity contribution in [1.82, 2.24) is 0 Å². The smallest absolute Gasteiger partial charge is 0.341 e. The third-order valence-corrected chi connectivity index (χ3v) is 3.45. The summed E-state index contributed by atoms with van der Waals surface area (Å²) in [4.78, 5) is 11.3. The van der Waals surface area contributed by atoms with Gasteiger partial charge in [-0.15, -0.1) is 0 Å². The van der Waals surface area contributed by atoms with Crippen LogP contribution in [0.5, 0.6) is 0 Å². The molecule has 0 unspecified atom stereocenters. The molecule has 0 aliphatic carbocycles. The zero-order chi connectivity index (χ0) is 12.9. The molecule has 0 aliphatic rings. The van der Waals surface area contributed by atoms with Gasteiger partial charge in [-0.1, -0.05) is 25.5 Å². The summed E-state index contributed by atoms with van der Waals surface area (Å²) < 4.78 is 27.9. The molecule has 1 aromatic carbocycles. The van der Waals surface area contributed by atoms with Crippen molar-refractivity contribution in [2.75, 3.05) is 0 Å². The Balaban J connectivity index is 2.79. The molecule has 0 aromatic heterocycles. The van der Waals surface area contributed by atoms with E-state index in [1.54, 1.807) is 19.1 Å². The molecule has 0 bridgehead atoms. The van der Waals surface area contributed by atoms with Crippen molar-refractivity contribution in [3.8, 4) is 0 Å². The largest absolute Gasteiger partial charge is 0.342 e. The van der Waals surface area contributed by atoms with Crippen LogP contribution in [0.3, 0.4) is 0 Å². The molecule has 0 heterocycles. The van der Waals surface area contributed by atoms with Crippen molar-refractivity contribution >= 4 is 16.1 Å². The average molecular weight is 256 g/mol. The fourth-order valence-electron chi connectivity index (χ4n) is 1.30. The van der Waals surface area contributed by atoms with Gasteiger partial charge in [0.25, 0.3) is 0 Å². The summed E-state index contributed by atoms with van der Waals surface area (Å²) >= 11 is 0. The second-order valence-electron chi connectivity index (χ2n) is 3.83. The van der Waals surface area contributed by atoms with E-state index in [2.05, 4.69) is 4.18 Å². The number of hydrogen-bond acceptors (Lipinski definition) is 4. The van der Waals surface area contributed by atoms with Crippen LogP contribution in [-0.2, 0) is 19.1 Å². The Bertz CT molecular complexity index is 491.